The van der Waals surface area contributed by atoms with Gasteiger partial charge < -0.3 is 19.5 Å². The van der Waals surface area contributed by atoms with Crippen LogP contribution in [0.25, 0.3) is 0 Å². The zero-order valence-corrected chi connectivity index (χ0v) is 20.2. The number of hydrogen-bond donors (Lipinski definition) is 1. The Morgan fingerprint density at radius 3 is 2.17 bits per heavy atom. The average Bonchev–Trinajstić information content (AvgIpc) is 2.80. The first-order valence-corrected chi connectivity index (χ1v) is 11.0. The van der Waals surface area contributed by atoms with Crippen molar-refractivity contribution < 1.29 is 37.3 Å². The third-order valence-electron chi connectivity index (χ3n) is 5.39. The van der Waals surface area contributed by atoms with Crippen LogP contribution in [0.4, 0.5) is 13.2 Å². The van der Waals surface area contributed by atoms with Gasteiger partial charge in [-0.2, -0.15) is 13.2 Å². The number of benzene rings is 3. The number of carboxylic acids is 1. The van der Waals surface area contributed by atoms with Gasteiger partial charge in [-0.3, -0.25) is 4.79 Å². The lowest BCUT2D eigenvalue weighted by Gasteiger charge is -2.23. The molecule has 1 amide bonds. The van der Waals surface area contributed by atoms with Gasteiger partial charge >= 0.3 is 12.1 Å². The van der Waals surface area contributed by atoms with Crippen molar-refractivity contribution in [3.63, 3.8) is 0 Å². The first-order valence-electron chi connectivity index (χ1n) is 11.0. The molecule has 0 fully saturated rings. The number of carbonyl (C=O) groups excluding carboxylic acids is 1. The zero-order valence-electron chi connectivity index (χ0n) is 20.2. The van der Waals surface area contributed by atoms with Crippen LogP contribution in [0.3, 0.4) is 0 Å². The fourth-order valence-corrected chi connectivity index (χ4v) is 3.33. The summed E-state index contributed by atoms with van der Waals surface area (Å²) in [5.41, 5.74) is -0.589. The molecule has 0 atom stereocenters. The molecule has 36 heavy (non-hydrogen) atoms. The van der Waals surface area contributed by atoms with Gasteiger partial charge in [0.2, 0.25) is 0 Å². The number of amides is 1. The smallest absolute Gasteiger partial charge is 0.416 e. The molecule has 0 aliphatic carbocycles. The van der Waals surface area contributed by atoms with Gasteiger partial charge in [-0.05, 0) is 86.5 Å². The molecular weight excluding hydrogens is 475 g/mol. The molecular formula is C27H26F3NO5. The van der Waals surface area contributed by atoms with E-state index < -0.39 is 29.2 Å². The summed E-state index contributed by atoms with van der Waals surface area (Å²) < 4.78 is 49.8. The molecule has 0 bridgehead atoms. The third-order valence-corrected chi connectivity index (χ3v) is 5.39. The monoisotopic (exact) mass is 501 g/mol. The van der Waals surface area contributed by atoms with Gasteiger partial charge in [0.15, 0.2) is 5.60 Å². The second-order valence-corrected chi connectivity index (χ2v) is 8.83. The second-order valence-electron chi connectivity index (χ2n) is 8.83. The molecule has 0 saturated carbocycles. The van der Waals surface area contributed by atoms with Gasteiger partial charge in [-0.25, -0.2) is 4.79 Å². The lowest BCUT2D eigenvalue weighted by Crippen LogP contribution is -2.38. The van der Waals surface area contributed by atoms with Crippen molar-refractivity contribution >= 4 is 11.9 Å². The fourth-order valence-electron chi connectivity index (χ4n) is 3.33. The lowest BCUT2D eigenvalue weighted by atomic mass is 10.1. The SMILES string of the molecule is Cc1cc(Oc2cccc(CN(C)C(=O)c3ccc(C(F)(F)F)cc3)c2)ccc1OC(C)(C)C(=O)O. The zero-order chi connectivity index (χ0) is 26.7. The van der Waals surface area contributed by atoms with Gasteiger partial charge in [-0.1, -0.05) is 12.1 Å². The number of hydrogen-bond acceptors (Lipinski definition) is 4. The number of nitrogens with zero attached hydrogens (tertiary/aromatic N) is 1. The van der Waals surface area contributed by atoms with E-state index in [0.29, 0.717) is 22.8 Å². The van der Waals surface area contributed by atoms with E-state index in [1.807, 2.05) is 0 Å². The largest absolute Gasteiger partial charge is 0.478 e. The molecule has 3 aromatic rings. The summed E-state index contributed by atoms with van der Waals surface area (Å²) in [6.07, 6.45) is -4.46. The van der Waals surface area contributed by atoms with Crippen LogP contribution in [0.2, 0.25) is 0 Å². The molecule has 0 aliphatic heterocycles. The van der Waals surface area contributed by atoms with E-state index in [-0.39, 0.29) is 12.1 Å². The molecule has 9 heteroatoms. The lowest BCUT2D eigenvalue weighted by molar-refractivity contribution is -0.152. The van der Waals surface area contributed by atoms with Crippen molar-refractivity contribution in [2.24, 2.45) is 0 Å². The van der Waals surface area contributed by atoms with Crippen molar-refractivity contribution in [1.82, 2.24) is 4.90 Å². The van der Waals surface area contributed by atoms with Crippen LogP contribution in [-0.4, -0.2) is 34.5 Å². The first-order chi connectivity index (χ1) is 16.8. The van der Waals surface area contributed by atoms with Crippen LogP contribution >= 0.6 is 0 Å². The van der Waals surface area contributed by atoms with Gasteiger partial charge in [0.05, 0.1) is 5.56 Å². The van der Waals surface area contributed by atoms with Crippen LogP contribution in [0, 0.1) is 6.92 Å². The van der Waals surface area contributed by atoms with Gasteiger partial charge in [-0.15, -0.1) is 0 Å². The predicted molar refractivity (Wildman–Crippen MR) is 127 cm³/mol. The molecule has 3 rings (SSSR count). The summed E-state index contributed by atoms with van der Waals surface area (Å²) in [5, 5.41) is 9.26. The molecule has 190 valence electrons. The van der Waals surface area contributed by atoms with Crippen molar-refractivity contribution in [3.05, 3.63) is 89.0 Å². The Bertz CT molecular complexity index is 1250. The van der Waals surface area contributed by atoms with Gasteiger partial charge in [0.1, 0.15) is 17.2 Å². The molecule has 0 aromatic heterocycles. The van der Waals surface area contributed by atoms with Crippen molar-refractivity contribution in [3.8, 4) is 17.2 Å². The topological polar surface area (TPSA) is 76.1 Å². The maximum atomic E-state index is 12.8. The minimum atomic E-state index is -4.46. The Hall–Kier alpha value is -4.01. The second kappa shape index (κ2) is 10.3. The summed E-state index contributed by atoms with van der Waals surface area (Å²) >= 11 is 0. The highest BCUT2D eigenvalue weighted by molar-refractivity contribution is 5.94. The Morgan fingerprint density at radius 1 is 0.944 bits per heavy atom. The quantitative estimate of drug-likeness (QED) is 0.391. The number of aryl methyl sites for hydroxylation is 1. The number of carboxylic acid groups (broad SMARTS) is 1. The van der Waals surface area contributed by atoms with E-state index in [9.17, 15) is 27.9 Å². The molecule has 0 saturated heterocycles. The Balaban J connectivity index is 1.67. The van der Waals surface area contributed by atoms with Crippen molar-refractivity contribution in [1.29, 1.82) is 0 Å². The number of rotatable bonds is 8. The van der Waals surface area contributed by atoms with E-state index in [1.165, 1.54) is 18.7 Å². The summed E-state index contributed by atoms with van der Waals surface area (Å²) in [4.78, 5) is 25.4. The van der Waals surface area contributed by atoms with E-state index in [4.69, 9.17) is 9.47 Å². The predicted octanol–water partition coefficient (Wildman–Crippen LogP) is 6.32. The number of alkyl halides is 3. The molecule has 0 aliphatic rings. The summed E-state index contributed by atoms with van der Waals surface area (Å²) in [6, 6.07) is 16.2. The highest BCUT2D eigenvalue weighted by atomic mass is 19.4. The van der Waals surface area contributed by atoms with Gasteiger partial charge in [0.25, 0.3) is 5.91 Å². The van der Waals surface area contributed by atoms with E-state index >= 15 is 0 Å². The molecule has 3 aromatic carbocycles. The van der Waals surface area contributed by atoms with Crippen LogP contribution in [0.5, 0.6) is 17.2 Å². The number of halogens is 3. The fraction of sp³-hybridized carbons (Fsp3) is 0.259. The Labute approximate surface area is 206 Å². The van der Waals surface area contributed by atoms with E-state index in [2.05, 4.69) is 0 Å². The summed E-state index contributed by atoms with van der Waals surface area (Å²) in [7, 11) is 1.56. The summed E-state index contributed by atoms with van der Waals surface area (Å²) in [5.74, 6) is -0.0422. The molecule has 0 radical (unpaired) electrons. The number of aliphatic carboxylic acids is 1. The van der Waals surface area contributed by atoms with Crippen LogP contribution in [-0.2, 0) is 17.5 Å². The Morgan fingerprint density at radius 2 is 1.58 bits per heavy atom. The Kier molecular flexibility index (Phi) is 7.62. The number of ether oxygens (including phenoxy) is 2. The standard InChI is InChI=1S/C27H26F3NO5/c1-17-14-22(12-13-23(17)36-26(2,3)25(33)34)35-21-7-5-6-18(15-21)16-31(4)24(32)19-8-10-20(11-9-19)27(28,29)30/h5-15H,16H2,1-4H3,(H,33,34). The molecule has 6 nitrogen and oxygen atoms in total. The van der Waals surface area contributed by atoms with E-state index in [1.54, 1.807) is 56.4 Å². The maximum absolute atomic E-state index is 12.8. The molecule has 0 heterocycles. The van der Waals surface area contributed by atoms with Crippen LogP contribution < -0.4 is 9.47 Å². The first kappa shape index (κ1) is 26.6. The minimum Gasteiger partial charge on any atom is -0.478 e. The van der Waals surface area contributed by atoms with Gasteiger partial charge in [0, 0.05) is 19.2 Å². The van der Waals surface area contributed by atoms with Crippen molar-refractivity contribution in [2.45, 2.75) is 39.1 Å². The van der Waals surface area contributed by atoms with Crippen molar-refractivity contribution in [2.75, 3.05) is 7.05 Å². The highest BCUT2D eigenvalue weighted by Crippen LogP contribution is 2.31. The van der Waals surface area contributed by atoms with Crippen LogP contribution in [0.15, 0.2) is 66.7 Å². The average molecular weight is 502 g/mol. The maximum Gasteiger partial charge on any atom is 0.416 e. The molecule has 0 spiro atoms. The highest BCUT2D eigenvalue weighted by Gasteiger charge is 2.31. The number of carbonyl (C=O) groups is 2. The van der Waals surface area contributed by atoms with E-state index in [0.717, 1.165) is 29.8 Å². The normalized spacial score (nSPS) is 11.6. The molecule has 1 N–H and O–H groups in total. The summed E-state index contributed by atoms with van der Waals surface area (Å²) in [6.45, 7) is 4.92. The third kappa shape index (κ3) is 6.56. The molecule has 0 unspecified atom stereocenters. The minimum absolute atomic E-state index is 0.154. The van der Waals surface area contributed by atoms with Crippen LogP contribution in [0.1, 0.15) is 40.9 Å².